The SMILES string of the molecule is CCC(C)Sc1nc(Cl)nc(N2CCCCC2)n1. The molecular weight excluding hydrogens is 268 g/mol. The third-order valence-corrected chi connectivity index (χ3v) is 4.39. The van der Waals surface area contributed by atoms with E-state index in [9.17, 15) is 0 Å². The molecule has 6 heteroatoms. The second-order valence-electron chi connectivity index (χ2n) is 4.57. The molecule has 0 aromatic carbocycles. The average molecular weight is 287 g/mol. The van der Waals surface area contributed by atoms with Crippen molar-refractivity contribution in [2.75, 3.05) is 18.0 Å². The van der Waals surface area contributed by atoms with Crippen molar-refractivity contribution in [3.05, 3.63) is 5.28 Å². The molecule has 1 atom stereocenters. The van der Waals surface area contributed by atoms with E-state index in [1.165, 1.54) is 19.3 Å². The molecule has 1 aromatic rings. The van der Waals surface area contributed by atoms with Crippen LogP contribution in [-0.4, -0.2) is 33.3 Å². The number of hydrogen-bond donors (Lipinski definition) is 0. The summed E-state index contributed by atoms with van der Waals surface area (Å²) in [6.45, 7) is 6.37. The third-order valence-electron chi connectivity index (χ3n) is 3.10. The van der Waals surface area contributed by atoms with Crippen LogP contribution in [0.2, 0.25) is 5.28 Å². The van der Waals surface area contributed by atoms with Crippen molar-refractivity contribution in [3.8, 4) is 0 Å². The van der Waals surface area contributed by atoms with Gasteiger partial charge in [-0.15, -0.1) is 0 Å². The lowest BCUT2D eigenvalue weighted by Crippen LogP contribution is -2.31. The fourth-order valence-electron chi connectivity index (χ4n) is 1.87. The van der Waals surface area contributed by atoms with Crippen LogP contribution >= 0.6 is 23.4 Å². The van der Waals surface area contributed by atoms with Gasteiger partial charge in [-0.2, -0.15) is 15.0 Å². The van der Waals surface area contributed by atoms with Gasteiger partial charge in [0.05, 0.1) is 0 Å². The summed E-state index contributed by atoms with van der Waals surface area (Å²) in [6, 6.07) is 0. The van der Waals surface area contributed by atoms with E-state index in [1.807, 2.05) is 0 Å². The fraction of sp³-hybridized carbons (Fsp3) is 0.750. The van der Waals surface area contributed by atoms with Gasteiger partial charge < -0.3 is 4.90 Å². The van der Waals surface area contributed by atoms with E-state index in [1.54, 1.807) is 11.8 Å². The number of halogens is 1. The monoisotopic (exact) mass is 286 g/mol. The van der Waals surface area contributed by atoms with Crippen molar-refractivity contribution in [1.82, 2.24) is 15.0 Å². The summed E-state index contributed by atoms with van der Waals surface area (Å²) in [5.41, 5.74) is 0. The Labute approximate surface area is 118 Å². The summed E-state index contributed by atoms with van der Waals surface area (Å²) in [5, 5.41) is 1.54. The molecule has 1 aromatic heterocycles. The van der Waals surface area contributed by atoms with Gasteiger partial charge in [0.25, 0.3) is 0 Å². The fourth-order valence-corrected chi connectivity index (χ4v) is 2.88. The Morgan fingerprint density at radius 2 is 1.94 bits per heavy atom. The second-order valence-corrected chi connectivity index (χ2v) is 6.32. The number of hydrogen-bond acceptors (Lipinski definition) is 5. The predicted octanol–water partition coefficient (Wildman–Crippen LogP) is 3.41. The first-order valence-electron chi connectivity index (χ1n) is 6.52. The summed E-state index contributed by atoms with van der Waals surface area (Å²) < 4.78 is 0. The van der Waals surface area contributed by atoms with E-state index in [2.05, 4.69) is 33.7 Å². The normalized spacial score (nSPS) is 17.8. The Kier molecular flexibility index (Phi) is 5.06. The number of anilines is 1. The quantitative estimate of drug-likeness (QED) is 0.794. The van der Waals surface area contributed by atoms with E-state index in [0.717, 1.165) is 30.6 Å². The van der Waals surface area contributed by atoms with Gasteiger partial charge in [-0.05, 0) is 37.3 Å². The first-order valence-corrected chi connectivity index (χ1v) is 7.78. The van der Waals surface area contributed by atoms with E-state index in [0.29, 0.717) is 10.5 Å². The molecule has 2 rings (SSSR count). The predicted molar refractivity (Wildman–Crippen MR) is 76.5 cm³/mol. The Hall–Kier alpha value is -0.550. The number of rotatable bonds is 4. The lowest BCUT2D eigenvalue weighted by molar-refractivity contribution is 0.564. The minimum absolute atomic E-state index is 0.302. The standard InChI is InChI=1S/C12H19ClN4S/c1-3-9(2)18-12-15-10(13)14-11(16-12)17-7-5-4-6-8-17/h9H,3-8H2,1-2H3. The van der Waals surface area contributed by atoms with Crippen molar-refractivity contribution in [2.45, 2.75) is 49.9 Å². The van der Waals surface area contributed by atoms with Crippen LogP contribution in [0.5, 0.6) is 0 Å². The van der Waals surface area contributed by atoms with E-state index in [-0.39, 0.29) is 0 Å². The molecule has 0 radical (unpaired) electrons. The topological polar surface area (TPSA) is 41.9 Å². The van der Waals surface area contributed by atoms with Gasteiger partial charge in [0, 0.05) is 18.3 Å². The van der Waals surface area contributed by atoms with Gasteiger partial charge in [-0.3, -0.25) is 0 Å². The first-order chi connectivity index (χ1) is 8.69. The highest BCUT2D eigenvalue weighted by molar-refractivity contribution is 7.99. The average Bonchev–Trinajstić information content (AvgIpc) is 2.39. The van der Waals surface area contributed by atoms with Gasteiger partial charge in [-0.1, -0.05) is 25.6 Å². The lowest BCUT2D eigenvalue weighted by atomic mass is 10.1. The number of aromatic nitrogens is 3. The lowest BCUT2D eigenvalue weighted by Gasteiger charge is -2.26. The van der Waals surface area contributed by atoms with E-state index >= 15 is 0 Å². The molecule has 1 saturated heterocycles. The Balaban J connectivity index is 2.14. The van der Waals surface area contributed by atoms with Crippen molar-refractivity contribution in [1.29, 1.82) is 0 Å². The molecule has 1 aliphatic heterocycles. The van der Waals surface area contributed by atoms with E-state index < -0.39 is 0 Å². The van der Waals surface area contributed by atoms with Gasteiger partial charge >= 0.3 is 0 Å². The van der Waals surface area contributed by atoms with Crippen molar-refractivity contribution < 1.29 is 0 Å². The van der Waals surface area contributed by atoms with E-state index in [4.69, 9.17) is 11.6 Å². The largest absolute Gasteiger partial charge is 0.341 e. The molecular formula is C12H19ClN4S. The van der Waals surface area contributed by atoms with Crippen LogP contribution in [0, 0.1) is 0 Å². The third kappa shape index (κ3) is 3.72. The molecule has 100 valence electrons. The minimum Gasteiger partial charge on any atom is -0.341 e. The molecule has 0 saturated carbocycles. The highest BCUT2D eigenvalue weighted by Crippen LogP contribution is 2.25. The molecule has 0 N–H and O–H groups in total. The van der Waals surface area contributed by atoms with Crippen LogP contribution in [0.4, 0.5) is 5.95 Å². The van der Waals surface area contributed by atoms with Crippen LogP contribution in [0.1, 0.15) is 39.5 Å². The van der Waals surface area contributed by atoms with Crippen molar-refractivity contribution >= 4 is 29.3 Å². The Morgan fingerprint density at radius 3 is 2.61 bits per heavy atom. The molecule has 4 nitrogen and oxygen atoms in total. The molecule has 1 unspecified atom stereocenters. The maximum Gasteiger partial charge on any atom is 0.230 e. The highest BCUT2D eigenvalue weighted by atomic mass is 35.5. The smallest absolute Gasteiger partial charge is 0.230 e. The zero-order valence-corrected chi connectivity index (χ0v) is 12.5. The summed E-state index contributed by atoms with van der Waals surface area (Å²) in [7, 11) is 0. The van der Waals surface area contributed by atoms with Gasteiger partial charge in [0.2, 0.25) is 11.2 Å². The van der Waals surface area contributed by atoms with Gasteiger partial charge in [0.1, 0.15) is 0 Å². The number of nitrogens with zero attached hydrogens (tertiary/aromatic N) is 4. The summed E-state index contributed by atoms with van der Waals surface area (Å²) in [5.74, 6) is 0.737. The zero-order chi connectivity index (χ0) is 13.0. The zero-order valence-electron chi connectivity index (χ0n) is 10.9. The molecule has 0 amide bonds. The first kappa shape index (κ1) is 13.9. The molecule has 0 aliphatic carbocycles. The van der Waals surface area contributed by atoms with Gasteiger partial charge in [0.15, 0.2) is 5.16 Å². The summed E-state index contributed by atoms with van der Waals surface area (Å²) >= 11 is 7.66. The molecule has 1 fully saturated rings. The maximum atomic E-state index is 5.99. The number of thioether (sulfide) groups is 1. The van der Waals surface area contributed by atoms with Crippen molar-refractivity contribution in [3.63, 3.8) is 0 Å². The molecule has 0 spiro atoms. The molecule has 2 heterocycles. The van der Waals surface area contributed by atoms with Crippen LogP contribution in [0.15, 0.2) is 5.16 Å². The van der Waals surface area contributed by atoms with Crippen LogP contribution in [0.3, 0.4) is 0 Å². The maximum absolute atomic E-state index is 5.99. The molecule has 18 heavy (non-hydrogen) atoms. The summed E-state index contributed by atoms with van der Waals surface area (Å²) in [4.78, 5) is 15.2. The minimum atomic E-state index is 0.302. The van der Waals surface area contributed by atoms with Crippen LogP contribution in [-0.2, 0) is 0 Å². The van der Waals surface area contributed by atoms with Gasteiger partial charge in [-0.25, -0.2) is 0 Å². The highest BCUT2D eigenvalue weighted by Gasteiger charge is 2.16. The Morgan fingerprint density at radius 1 is 1.22 bits per heavy atom. The second kappa shape index (κ2) is 6.57. The Bertz CT molecular complexity index is 396. The number of piperidine rings is 1. The molecule has 1 aliphatic rings. The van der Waals surface area contributed by atoms with Crippen LogP contribution in [0.25, 0.3) is 0 Å². The van der Waals surface area contributed by atoms with Crippen molar-refractivity contribution in [2.24, 2.45) is 0 Å². The van der Waals surface area contributed by atoms with Crippen LogP contribution < -0.4 is 4.90 Å². The summed E-state index contributed by atoms with van der Waals surface area (Å²) in [6.07, 6.45) is 4.80. The molecule has 0 bridgehead atoms.